The SMILES string of the molecule is COc1cc(Br)cc(NCC(N)=O)c1. The third-order valence-electron chi connectivity index (χ3n) is 1.57. The topological polar surface area (TPSA) is 64.3 Å². The molecule has 0 fully saturated rings. The number of rotatable bonds is 4. The minimum atomic E-state index is -0.399. The average Bonchev–Trinajstić information content (AvgIpc) is 2.14. The van der Waals surface area contributed by atoms with E-state index in [1.165, 1.54) is 0 Å². The van der Waals surface area contributed by atoms with Gasteiger partial charge < -0.3 is 15.8 Å². The van der Waals surface area contributed by atoms with Crippen molar-refractivity contribution in [2.24, 2.45) is 5.73 Å². The van der Waals surface area contributed by atoms with E-state index in [0.717, 1.165) is 10.2 Å². The molecule has 0 spiro atoms. The van der Waals surface area contributed by atoms with Crippen LogP contribution in [-0.4, -0.2) is 19.6 Å². The van der Waals surface area contributed by atoms with Crippen molar-refractivity contribution in [3.63, 3.8) is 0 Å². The summed E-state index contributed by atoms with van der Waals surface area (Å²) in [6.07, 6.45) is 0. The zero-order valence-corrected chi connectivity index (χ0v) is 9.30. The number of ether oxygens (including phenoxy) is 1. The quantitative estimate of drug-likeness (QED) is 0.857. The second-order valence-electron chi connectivity index (χ2n) is 2.70. The van der Waals surface area contributed by atoms with Gasteiger partial charge in [-0.2, -0.15) is 0 Å². The van der Waals surface area contributed by atoms with Crippen LogP contribution in [0.2, 0.25) is 0 Å². The minimum absolute atomic E-state index is 0.111. The number of halogens is 1. The number of nitrogens with two attached hydrogens (primary N) is 1. The maximum Gasteiger partial charge on any atom is 0.236 e. The van der Waals surface area contributed by atoms with Crippen LogP contribution in [0.1, 0.15) is 0 Å². The Balaban J connectivity index is 2.76. The van der Waals surface area contributed by atoms with E-state index in [4.69, 9.17) is 10.5 Å². The van der Waals surface area contributed by atoms with Gasteiger partial charge in [0.25, 0.3) is 0 Å². The molecule has 5 heteroatoms. The summed E-state index contributed by atoms with van der Waals surface area (Å²) in [4.78, 5) is 10.5. The number of amides is 1. The van der Waals surface area contributed by atoms with Crippen molar-refractivity contribution < 1.29 is 9.53 Å². The fourth-order valence-corrected chi connectivity index (χ4v) is 1.44. The summed E-state index contributed by atoms with van der Waals surface area (Å²) in [6, 6.07) is 5.45. The Morgan fingerprint density at radius 1 is 1.57 bits per heavy atom. The number of nitrogens with one attached hydrogen (secondary N) is 1. The number of carbonyl (C=O) groups excluding carboxylic acids is 1. The monoisotopic (exact) mass is 258 g/mol. The van der Waals surface area contributed by atoms with Gasteiger partial charge in [0.05, 0.1) is 13.7 Å². The van der Waals surface area contributed by atoms with Gasteiger partial charge in [-0.15, -0.1) is 0 Å². The molecule has 0 saturated heterocycles. The molecule has 4 nitrogen and oxygen atoms in total. The Bertz CT molecular complexity index is 342. The lowest BCUT2D eigenvalue weighted by molar-refractivity contribution is -0.116. The number of carbonyl (C=O) groups is 1. The Hall–Kier alpha value is -1.23. The number of anilines is 1. The number of hydrogen-bond donors (Lipinski definition) is 2. The smallest absolute Gasteiger partial charge is 0.236 e. The minimum Gasteiger partial charge on any atom is -0.497 e. The lowest BCUT2D eigenvalue weighted by atomic mass is 10.3. The van der Waals surface area contributed by atoms with Crippen molar-refractivity contribution >= 4 is 27.5 Å². The third-order valence-corrected chi connectivity index (χ3v) is 2.03. The first-order chi connectivity index (χ1) is 6.61. The molecule has 0 aromatic heterocycles. The molecule has 0 saturated carbocycles. The van der Waals surface area contributed by atoms with Gasteiger partial charge in [0, 0.05) is 16.2 Å². The van der Waals surface area contributed by atoms with E-state index in [1.807, 2.05) is 12.1 Å². The second-order valence-corrected chi connectivity index (χ2v) is 3.62. The maximum absolute atomic E-state index is 10.5. The van der Waals surface area contributed by atoms with Crippen LogP contribution in [0.3, 0.4) is 0 Å². The summed E-state index contributed by atoms with van der Waals surface area (Å²) in [7, 11) is 1.58. The largest absolute Gasteiger partial charge is 0.497 e. The molecular weight excluding hydrogens is 248 g/mol. The van der Waals surface area contributed by atoms with Gasteiger partial charge in [0.2, 0.25) is 5.91 Å². The van der Waals surface area contributed by atoms with Crippen LogP contribution < -0.4 is 15.8 Å². The highest BCUT2D eigenvalue weighted by Gasteiger charge is 2.00. The number of primary amides is 1. The van der Waals surface area contributed by atoms with Crippen LogP contribution in [0, 0.1) is 0 Å². The molecular formula is C9H11BrN2O2. The molecule has 1 aromatic rings. The Labute approximate surface area is 90.6 Å². The normalized spacial score (nSPS) is 9.57. The highest BCUT2D eigenvalue weighted by Crippen LogP contribution is 2.24. The van der Waals surface area contributed by atoms with Crippen LogP contribution in [0.15, 0.2) is 22.7 Å². The van der Waals surface area contributed by atoms with E-state index >= 15 is 0 Å². The highest BCUT2D eigenvalue weighted by atomic mass is 79.9. The van der Waals surface area contributed by atoms with Gasteiger partial charge in [0.15, 0.2) is 0 Å². The molecule has 0 aliphatic heterocycles. The predicted molar refractivity (Wildman–Crippen MR) is 58.4 cm³/mol. The van der Waals surface area contributed by atoms with Gasteiger partial charge in [-0.05, 0) is 12.1 Å². The maximum atomic E-state index is 10.5. The van der Waals surface area contributed by atoms with Crippen LogP contribution in [0.25, 0.3) is 0 Å². The van der Waals surface area contributed by atoms with Crippen LogP contribution >= 0.6 is 15.9 Å². The zero-order chi connectivity index (χ0) is 10.6. The first-order valence-corrected chi connectivity index (χ1v) is 4.78. The van der Waals surface area contributed by atoms with Crippen molar-refractivity contribution in [3.05, 3.63) is 22.7 Å². The molecule has 0 unspecified atom stereocenters. The molecule has 0 radical (unpaired) electrons. The van der Waals surface area contributed by atoms with E-state index in [0.29, 0.717) is 5.75 Å². The van der Waals surface area contributed by atoms with Gasteiger partial charge in [-0.25, -0.2) is 0 Å². The van der Waals surface area contributed by atoms with E-state index in [1.54, 1.807) is 13.2 Å². The predicted octanol–water partition coefficient (Wildman–Crippen LogP) is 1.35. The lowest BCUT2D eigenvalue weighted by Crippen LogP contribution is -2.21. The second kappa shape index (κ2) is 4.85. The van der Waals surface area contributed by atoms with Crippen LogP contribution in [0.4, 0.5) is 5.69 Å². The average molecular weight is 259 g/mol. The molecule has 76 valence electrons. The number of benzene rings is 1. The summed E-state index contributed by atoms with van der Waals surface area (Å²) in [5.41, 5.74) is 5.79. The summed E-state index contributed by atoms with van der Waals surface area (Å²) >= 11 is 3.32. The summed E-state index contributed by atoms with van der Waals surface area (Å²) in [5.74, 6) is 0.315. The van der Waals surface area contributed by atoms with Crippen LogP contribution in [0.5, 0.6) is 5.75 Å². The first kappa shape index (κ1) is 10.8. The molecule has 0 bridgehead atoms. The van der Waals surface area contributed by atoms with Crippen molar-refractivity contribution in [2.75, 3.05) is 19.0 Å². The Morgan fingerprint density at radius 2 is 2.29 bits per heavy atom. The van der Waals surface area contributed by atoms with Crippen molar-refractivity contribution in [2.45, 2.75) is 0 Å². The summed E-state index contributed by atoms with van der Waals surface area (Å²) in [6.45, 7) is 0.111. The van der Waals surface area contributed by atoms with Crippen molar-refractivity contribution in [1.29, 1.82) is 0 Å². The molecule has 1 aromatic carbocycles. The standard InChI is InChI=1S/C9H11BrN2O2/c1-14-8-3-6(10)2-7(4-8)12-5-9(11)13/h2-4,12H,5H2,1H3,(H2,11,13). The first-order valence-electron chi connectivity index (χ1n) is 3.98. The Kier molecular flexibility index (Phi) is 3.76. The molecule has 0 aliphatic carbocycles. The van der Waals surface area contributed by atoms with Gasteiger partial charge in [-0.3, -0.25) is 4.79 Å². The molecule has 3 N–H and O–H groups in total. The molecule has 1 amide bonds. The fourth-order valence-electron chi connectivity index (χ4n) is 0.972. The van der Waals surface area contributed by atoms with E-state index in [-0.39, 0.29) is 6.54 Å². The number of methoxy groups -OCH3 is 1. The van der Waals surface area contributed by atoms with Gasteiger partial charge in [0.1, 0.15) is 5.75 Å². The zero-order valence-electron chi connectivity index (χ0n) is 7.71. The Morgan fingerprint density at radius 3 is 2.86 bits per heavy atom. The number of hydrogen-bond acceptors (Lipinski definition) is 3. The molecule has 0 aliphatic rings. The summed E-state index contributed by atoms with van der Waals surface area (Å²) in [5, 5.41) is 2.88. The van der Waals surface area contributed by atoms with E-state index < -0.39 is 5.91 Å². The van der Waals surface area contributed by atoms with E-state index in [9.17, 15) is 4.79 Å². The van der Waals surface area contributed by atoms with Crippen LogP contribution in [-0.2, 0) is 4.79 Å². The van der Waals surface area contributed by atoms with Gasteiger partial charge in [-0.1, -0.05) is 15.9 Å². The molecule has 1 rings (SSSR count). The summed E-state index contributed by atoms with van der Waals surface area (Å²) < 4.78 is 5.93. The fraction of sp³-hybridized carbons (Fsp3) is 0.222. The van der Waals surface area contributed by atoms with Crippen molar-refractivity contribution in [3.8, 4) is 5.75 Å². The van der Waals surface area contributed by atoms with Gasteiger partial charge >= 0.3 is 0 Å². The molecule has 0 heterocycles. The van der Waals surface area contributed by atoms with E-state index in [2.05, 4.69) is 21.2 Å². The third kappa shape index (κ3) is 3.26. The highest BCUT2D eigenvalue weighted by molar-refractivity contribution is 9.10. The van der Waals surface area contributed by atoms with Crippen molar-refractivity contribution in [1.82, 2.24) is 0 Å². The molecule has 0 atom stereocenters. The molecule has 14 heavy (non-hydrogen) atoms. The lowest BCUT2D eigenvalue weighted by Gasteiger charge is -2.07.